The summed E-state index contributed by atoms with van der Waals surface area (Å²) in [7, 11) is 0. The fraction of sp³-hybridized carbons (Fsp3) is 0.588. The summed E-state index contributed by atoms with van der Waals surface area (Å²) in [6.45, 7) is 9.64. The molecule has 1 aliphatic heterocycles. The molecule has 4 nitrogen and oxygen atoms in total. The molecule has 0 aromatic heterocycles. The molecular formula is C17H26N2O2. The summed E-state index contributed by atoms with van der Waals surface area (Å²) >= 11 is 0. The average Bonchev–Trinajstić information content (AvgIpc) is 2.52. The zero-order valence-electron chi connectivity index (χ0n) is 13.1. The number of hydrogen-bond donors (Lipinski definition) is 1. The molecule has 2 rings (SSSR count). The lowest BCUT2D eigenvalue weighted by atomic mass is 9.97. The van der Waals surface area contributed by atoms with E-state index in [1.54, 1.807) is 0 Å². The minimum absolute atomic E-state index is 0.0428. The summed E-state index contributed by atoms with van der Waals surface area (Å²) in [5.41, 5.74) is 1.92. The van der Waals surface area contributed by atoms with Crippen molar-refractivity contribution < 1.29 is 9.53 Å². The second-order valence-electron chi connectivity index (χ2n) is 5.81. The minimum Gasteiger partial charge on any atom is -0.379 e. The largest absolute Gasteiger partial charge is 0.379 e. The van der Waals surface area contributed by atoms with Crippen LogP contribution in [-0.4, -0.2) is 50.2 Å². The summed E-state index contributed by atoms with van der Waals surface area (Å²) < 4.78 is 5.33. The van der Waals surface area contributed by atoms with Gasteiger partial charge < -0.3 is 10.1 Å². The van der Waals surface area contributed by atoms with Crippen LogP contribution in [0.25, 0.3) is 0 Å². The number of morpholine rings is 1. The van der Waals surface area contributed by atoms with Gasteiger partial charge in [-0.25, -0.2) is 0 Å². The number of nitrogens with one attached hydrogen (secondary N) is 1. The van der Waals surface area contributed by atoms with Crippen LogP contribution < -0.4 is 5.32 Å². The lowest BCUT2D eigenvalue weighted by Crippen LogP contribution is -2.38. The number of carbonyl (C=O) groups excluding carboxylic acids is 1. The smallest absolute Gasteiger partial charge is 0.251 e. The Hall–Kier alpha value is -1.39. The highest BCUT2D eigenvalue weighted by Gasteiger charge is 2.13. The van der Waals surface area contributed by atoms with Crippen LogP contribution >= 0.6 is 0 Å². The van der Waals surface area contributed by atoms with E-state index in [9.17, 15) is 4.79 Å². The van der Waals surface area contributed by atoms with Crippen molar-refractivity contribution in [2.45, 2.75) is 26.2 Å². The summed E-state index contributed by atoms with van der Waals surface area (Å²) in [5, 5.41) is 3.04. The third-order valence-electron chi connectivity index (χ3n) is 3.87. The van der Waals surface area contributed by atoms with Gasteiger partial charge in [0.1, 0.15) is 0 Å². The Balaban J connectivity index is 1.76. The first-order valence-electron chi connectivity index (χ1n) is 7.85. The first-order chi connectivity index (χ1) is 10.2. The molecule has 0 spiro atoms. The number of carbonyl (C=O) groups is 1. The van der Waals surface area contributed by atoms with E-state index in [0.717, 1.165) is 56.9 Å². The van der Waals surface area contributed by atoms with Gasteiger partial charge in [0.15, 0.2) is 0 Å². The summed E-state index contributed by atoms with van der Waals surface area (Å²) in [4.78, 5) is 14.7. The lowest BCUT2D eigenvalue weighted by Gasteiger charge is -2.26. The van der Waals surface area contributed by atoms with Crippen LogP contribution in [0.1, 0.15) is 42.1 Å². The van der Waals surface area contributed by atoms with E-state index in [1.807, 2.05) is 24.3 Å². The van der Waals surface area contributed by atoms with Crippen molar-refractivity contribution in [1.29, 1.82) is 0 Å². The van der Waals surface area contributed by atoms with Gasteiger partial charge in [-0.1, -0.05) is 32.0 Å². The van der Waals surface area contributed by atoms with Crippen molar-refractivity contribution in [1.82, 2.24) is 10.2 Å². The first kappa shape index (κ1) is 16.0. The first-order valence-corrected chi connectivity index (χ1v) is 7.85. The Kier molecular flexibility index (Phi) is 6.21. The van der Waals surface area contributed by atoms with E-state index in [0.29, 0.717) is 5.92 Å². The molecule has 1 N–H and O–H groups in total. The molecule has 1 aliphatic rings. The van der Waals surface area contributed by atoms with Crippen LogP contribution in [0.5, 0.6) is 0 Å². The molecule has 1 aromatic rings. The minimum atomic E-state index is 0.0428. The Morgan fingerprint density at radius 3 is 2.71 bits per heavy atom. The second-order valence-corrected chi connectivity index (χ2v) is 5.81. The summed E-state index contributed by atoms with van der Waals surface area (Å²) in [6, 6.07) is 7.86. The predicted molar refractivity (Wildman–Crippen MR) is 84.7 cm³/mol. The highest BCUT2D eigenvalue weighted by Crippen LogP contribution is 2.18. The summed E-state index contributed by atoms with van der Waals surface area (Å²) in [6.07, 6.45) is 0.982. The molecule has 21 heavy (non-hydrogen) atoms. The van der Waals surface area contributed by atoms with E-state index < -0.39 is 0 Å². The highest BCUT2D eigenvalue weighted by molar-refractivity contribution is 5.95. The van der Waals surface area contributed by atoms with Gasteiger partial charge in [0.2, 0.25) is 0 Å². The lowest BCUT2D eigenvalue weighted by molar-refractivity contribution is 0.0374. The van der Waals surface area contributed by atoms with Gasteiger partial charge in [0, 0.05) is 25.2 Å². The maximum absolute atomic E-state index is 12.3. The topological polar surface area (TPSA) is 41.6 Å². The second kappa shape index (κ2) is 8.15. The molecule has 1 fully saturated rings. The molecule has 116 valence electrons. The van der Waals surface area contributed by atoms with Gasteiger partial charge in [-0.3, -0.25) is 9.69 Å². The average molecular weight is 290 g/mol. The fourth-order valence-corrected chi connectivity index (χ4v) is 2.63. The molecule has 0 bridgehead atoms. The predicted octanol–water partition coefficient (Wildman–Crippen LogP) is 2.26. The van der Waals surface area contributed by atoms with E-state index in [-0.39, 0.29) is 5.91 Å². The fourth-order valence-electron chi connectivity index (χ4n) is 2.63. The number of benzene rings is 1. The van der Waals surface area contributed by atoms with Gasteiger partial charge in [-0.05, 0) is 30.5 Å². The number of hydrogen-bond acceptors (Lipinski definition) is 3. The Morgan fingerprint density at radius 2 is 2.00 bits per heavy atom. The third-order valence-corrected chi connectivity index (χ3v) is 3.87. The SMILES string of the molecule is CC(C)c1ccccc1C(=O)NCCCN1CCOCC1. The Morgan fingerprint density at radius 1 is 1.29 bits per heavy atom. The zero-order valence-corrected chi connectivity index (χ0v) is 13.1. The van der Waals surface area contributed by atoms with Crippen molar-refractivity contribution in [3.63, 3.8) is 0 Å². The number of ether oxygens (including phenoxy) is 1. The quantitative estimate of drug-likeness (QED) is 0.817. The van der Waals surface area contributed by atoms with E-state index >= 15 is 0 Å². The van der Waals surface area contributed by atoms with Crippen LogP contribution in [0.2, 0.25) is 0 Å². The van der Waals surface area contributed by atoms with Crippen molar-refractivity contribution in [3.05, 3.63) is 35.4 Å². The molecule has 0 unspecified atom stereocenters. The van der Waals surface area contributed by atoms with Gasteiger partial charge >= 0.3 is 0 Å². The van der Waals surface area contributed by atoms with Crippen molar-refractivity contribution in [3.8, 4) is 0 Å². The van der Waals surface area contributed by atoms with E-state index in [2.05, 4.69) is 24.1 Å². The maximum atomic E-state index is 12.3. The molecule has 0 radical (unpaired) electrons. The highest BCUT2D eigenvalue weighted by atomic mass is 16.5. The zero-order chi connectivity index (χ0) is 15.1. The number of rotatable bonds is 6. The molecular weight excluding hydrogens is 264 g/mol. The molecule has 1 aromatic carbocycles. The molecule has 1 amide bonds. The van der Waals surface area contributed by atoms with Crippen LogP contribution in [0.3, 0.4) is 0 Å². The Bertz CT molecular complexity index is 454. The van der Waals surface area contributed by atoms with E-state index in [4.69, 9.17) is 4.74 Å². The van der Waals surface area contributed by atoms with Crippen molar-refractivity contribution in [2.75, 3.05) is 39.4 Å². The molecule has 0 aliphatic carbocycles. The maximum Gasteiger partial charge on any atom is 0.251 e. The summed E-state index contributed by atoms with van der Waals surface area (Å²) in [5.74, 6) is 0.404. The van der Waals surface area contributed by atoms with Gasteiger partial charge in [0.05, 0.1) is 13.2 Å². The molecule has 0 atom stereocenters. The Labute approximate surface area is 127 Å². The molecule has 4 heteroatoms. The third kappa shape index (κ3) is 4.83. The standard InChI is InChI=1S/C17H26N2O2/c1-14(2)15-6-3-4-7-16(15)17(20)18-8-5-9-19-10-12-21-13-11-19/h3-4,6-7,14H,5,8-13H2,1-2H3,(H,18,20). The van der Waals surface area contributed by atoms with Gasteiger partial charge in [0.25, 0.3) is 5.91 Å². The van der Waals surface area contributed by atoms with Crippen LogP contribution in [0.4, 0.5) is 0 Å². The van der Waals surface area contributed by atoms with Gasteiger partial charge in [-0.15, -0.1) is 0 Å². The van der Waals surface area contributed by atoms with Crippen LogP contribution in [0, 0.1) is 0 Å². The molecule has 0 saturated carbocycles. The monoisotopic (exact) mass is 290 g/mol. The van der Waals surface area contributed by atoms with Crippen LogP contribution in [0.15, 0.2) is 24.3 Å². The molecule has 1 saturated heterocycles. The van der Waals surface area contributed by atoms with E-state index in [1.165, 1.54) is 0 Å². The van der Waals surface area contributed by atoms with Crippen molar-refractivity contribution >= 4 is 5.91 Å². The molecule has 1 heterocycles. The van der Waals surface area contributed by atoms with Crippen molar-refractivity contribution in [2.24, 2.45) is 0 Å². The van der Waals surface area contributed by atoms with Crippen LogP contribution in [-0.2, 0) is 4.74 Å². The number of nitrogens with zero attached hydrogens (tertiary/aromatic N) is 1. The van der Waals surface area contributed by atoms with Gasteiger partial charge in [-0.2, -0.15) is 0 Å². The number of amides is 1. The normalized spacial score (nSPS) is 16.1.